The maximum Gasteiger partial charge on any atom is 0.373 e. The molecule has 1 aromatic carbocycles. The Bertz CT molecular complexity index is 502. The lowest BCUT2D eigenvalue weighted by Gasteiger charge is -1.96. The quantitative estimate of drug-likeness (QED) is 0.757. The number of ether oxygens (including phenoxy) is 1. The summed E-state index contributed by atoms with van der Waals surface area (Å²) in [6.07, 6.45) is 0. The van der Waals surface area contributed by atoms with Crippen LogP contribution >= 0.6 is 0 Å². The summed E-state index contributed by atoms with van der Waals surface area (Å²) in [7, 11) is 1.32. The normalized spacial score (nSPS) is 10.5. The van der Waals surface area contributed by atoms with Crippen molar-refractivity contribution in [2.24, 2.45) is 5.73 Å². The summed E-state index contributed by atoms with van der Waals surface area (Å²) in [5.41, 5.74) is 7.09. The standard InChI is InChI=1S/C11H11NO3/c1-14-11(13)9-5-7-3-2-4-8(6-12)10(7)15-9/h2-5H,6,12H2,1H3. The molecule has 0 bridgehead atoms. The van der Waals surface area contributed by atoms with E-state index in [0.29, 0.717) is 12.1 Å². The number of carbonyl (C=O) groups excluding carboxylic acids is 1. The summed E-state index contributed by atoms with van der Waals surface area (Å²) in [6, 6.07) is 7.26. The molecule has 2 aromatic rings. The molecule has 15 heavy (non-hydrogen) atoms. The van der Waals surface area contributed by atoms with E-state index in [1.165, 1.54) is 7.11 Å². The highest BCUT2D eigenvalue weighted by Gasteiger charge is 2.13. The lowest BCUT2D eigenvalue weighted by atomic mass is 10.1. The van der Waals surface area contributed by atoms with E-state index in [9.17, 15) is 4.79 Å². The summed E-state index contributed by atoms with van der Waals surface area (Å²) in [4.78, 5) is 11.2. The molecule has 0 aliphatic rings. The number of nitrogens with two attached hydrogens (primary N) is 1. The zero-order valence-electron chi connectivity index (χ0n) is 8.32. The van der Waals surface area contributed by atoms with Crippen molar-refractivity contribution in [2.75, 3.05) is 7.11 Å². The summed E-state index contributed by atoms with van der Waals surface area (Å²) in [5.74, 6) is -0.275. The minimum atomic E-state index is -0.478. The average molecular weight is 205 g/mol. The zero-order valence-corrected chi connectivity index (χ0v) is 8.32. The van der Waals surface area contributed by atoms with E-state index < -0.39 is 5.97 Å². The minimum absolute atomic E-state index is 0.202. The van der Waals surface area contributed by atoms with Gasteiger partial charge in [0.1, 0.15) is 5.58 Å². The van der Waals surface area contributed by atoms with Gasteiger partial charge in [0.2, 0.25) is 5.76 Å². The molecule has 0 amide bonds. The van der Waals surface area contributed by atoms with Crippen LogP contribution in [0.15, 0.2) is 28.7 Å². The van der Waals surface area contributed by atoms with Gasteiger partial charge >= 0.3 is 5.97 Å². The van der Waals surface area contributed by atoms with Crippen LogP contribution in [0.5, 0.6) is 0 Å². The van der Waals surface area contributed by atoms with E-state index in [4.69, 9.17) is 10.2 Å². The van der Waals surface area contributed by atoms with E-state index in [0.717, 1.165) is 10.9 Å². The predicted molar refractivity (Wildman–Crippen MR) is 55.4 cm³/mol. The summed E-state index contributed by atoms with van der Waals surface area (Å²) in [5, 5.41) is 0.860. The molecule has 4 heteroatoms. The van der Waals surface area contributed by atoms with Crippen LogP contribution < -0.4 is 5.73 Å². The lowest BCUT2D eigenvalue weighted by Crippen LogP contribution is -1.98. The molecule has 0 saturated heterocycles. The summed E-state index contributed by atoms with van der Waals surface area (Å²) < 4.78 is 9.96. The number of rotatable bonds is 2. The fourth-order valence-corrected chi connectivity index (χ4v) is 1.49. The number of fused-ring (bicyclic) bond motifs is 1. The van der Waals surface area contributed by atoms with Gasteiger partial charge < -0.3 is 14.9 Å². The zero-order chi connectivity index (χ0) is 10.8. The fourth-order valence-electron chi connectivity index (χ4n) is 1.49. The summed E-state index contributed by atoms with van der Waals surface area (Å²) >= 11 is 0. The molecular formula is C11H11NO3. The van der Waals surface area contributed by atoms with Gasteiger partial charge in [-0.05, 0) is 6.07 Å². The van der Waals surface area contributed by atoms with Gasteiger partial charge in [-0.15, -0.1) is 0 Å². The third kappa shape index (κ3) is 1.59. The van der Waals surface area contributed by atoms with E-state index in [1.54, 1.807) is 6.07 Å². The van der Waals surface area contributed by atoms with Crippen molar-refractivity contribution in [3.63, 3.8) is 0 Å². The average Bonchev–Trinajstić information content (AvgIpc) is 2.71. The SMILES string of the molecule is COC(=O)c1cc2cccc(CN)c2o1. The third-order valence-corrected chi connectivity index (χ3v) is 2.23. The molecule has 2 N–H and O–H groups in total. The molecule has 4 nitrogen and oxygen atoms in total. The van der Waals surface area contributed by atoms with Gasteiger partial charge in [-0.25, -0.2) is 4.79 Å². The molecule has 1 aromatic heterocycles. The Hall–Kier alpha value is -1.81. The van der Waals surface area contributed by atoms with Gasteiger partial charge in [0.05, 0.1) is 7.11 Å². The molecule has 0 spiro atoms. The van der Waals surface area contributed by atoms with E-state index in [2.05, 4.69) is 4.74 Å². The first-order valence-corrected chi connectivity index (χ1v) is 4.56. The van der Waals surface area contributed by atoms with Crippen molar-refractivity contribution in [3.05, 3.63) is 35.6 Å². The van der Waals surface area contributed by atoms with Gasteiger partial charge in [0.25, 0.3) is 0 Å². The van der Waals surface area contributed by atoms with Crippen LogP contribution in [0.2, 0.25) is 0 Å². The monoisotopic (exact) mass is 205 g/mol. The van der Waals surface area contributed by atoms with Gasteiger partial charge in [-0.1, -0.05) is 18.2 Å². The molecule has 0 aliphatic carbocycles. The Kier molecular flexibility index (Phi) is 2.43. The number of carbonyl (C=O) groups is 1. The van der Waals surface area contributed by atoms with Gasteiger partial charge in [0.15, 0.2) is 0 Å². The van der Waals surface area contributed by atoms with E-state index in [-0.39, 0.29) is 5.76 Å². The van der Waals surface area contributed by atoms with Gasteiger partial charge in [-0.2, -0.15) is 0 Å². The van der Waals surface area contributed by atoms with Crippen LogP contribution in [-0.4, -0.2) is 13.1 Å². The molecule has 0 fully saturated rings. The van der Waals surface area contributed by atoms with Crippen LogP contribution in [0.1, 0.15) is 16.1 Å². The smallest absolute Gasteiger partial charge is 0.373 e. The molecule has 0 saturated carbocycles. The topological polar surface area (TPSA) is 65.5 Å². The van der Waals surface area contributed by atoms with Crippen molar-refractivity contribution in [2.45, 2.75) is 6.54 Å². The van der Waals surface area contributed by atoms with E-state index >= 15 is 0 Å². The first kappa shape index (κ1) is 9.73. The van der Waals surface area contributed by atoms with Crippen LogP contribution in [-0.2, 0) is 11.3 Å². The van der Waals surface area contributed by atoms with Crippen molar-refractivity contribution < 1.29 is 13.9 Å². The molecule has 2 rings (SSSR count). The Balaban J connectivity index is 2.60. The Labute approximate surface area is 86.6 Å². The number of para-hydroxylation sites is 1. The highest BCUT2D eigenvalue weighted by atomic mass is 16.5. The second-order valence-electron chi connectivity index (χ2n) is 3.14. The van der Waals surface area contributed by atoms with E-state index in [1.807, 2.05) is 18.2 Å². The van der Waals surface area contributed by atoms with Crippen molar-refractivity contribution in [3.8, 4) is 0 Å². The molecule has 0 unspecified atom stereocenters. The van der Waals surface area contributed by atoms with Crippen LogP contribution in [0, 0.1) is 0 Å². The Morgan fingerprint density at radius 1 is 1.53 bits per heavy atom. The highest BCUT2D eigenvalue weighted by Crippen LogP contribution is 2.23. The molecule has 78 valence electrons. The highest BCUT2D eigenvalue weighted by molar-refractivity contribution is 5.93. The Morgan fingerprint density at radius 3 is 3.00 bits per heavy atom. The molecular weight excluding hydrogens is 194 g/mol. The number of benzene rings is 1. The second-order valence-corrected chi connectivity index (χ2v) is 3.14. The molecule has 0 radical (unpaired) electrons. The number of furan rings is 1. The molecule has 0 atom stereocenters. The second kappa shape index (κ2) is 3.74. The van der Waals surface area contributed by atoms with Crippen LogP contribution in [0.3, 0.4) is 0 Å². The van der Waals surface area contributed by atoms with Gasteiger partial charge in [0, 0.05) is 17.5 Å². The summed E-state index contributed by atoms with van der Waals surface area (Å²) in [6.45, 7) is 0.380. The van der Waals surface area contributed by atoms with Crippen molar-refractivity contribution in [1.29, 1.82) is 0 Å². The number of esters is 1. The maximum atomic E-state index is 11.2. The number of hydrogen-bond acceptors (Lipinski definition) is 4. The fraction of sp³-hybridized carbons (Fsp3) is 0.182. The lowest BCUT2D eigenvalue weighted by molar-refractivity contribution is 0.0567. The third-order valence-electron chi connectivity index (χ3n) is 2.23. The van der Waals surface area contributed by atoms with Crippen molar-refractivity contribution in [1.82, 2.24) is 0 Å². The van der Waals surface area contributed by atoms with Crippen molar-refractivity contribution >= 4 is 16.9 Å². The molecule has 1 heterocycles. The Morgan fingerprint density at radius 2 is 2.33 bits per heavy atom. The number of methoxy groups -OCH3 is 1. The van der Waals surface area contributed by atoms with Crippen LogP contribution in [0.25, 0.3) is 11.0 Å². The predicted octanol–water partition coefficient (Wildman–Crippen LogP) is 1.68. The number of hydrogen-bond donors (Lipinski definition) is 1. The first-order valence-electron chi connectivity index (χ1n) is 4.56. The molecule has 0 aliphatic heterocycles. The minimum Gasteiger partial charge on any atom is -0.463 e. The maximum absolute atomic E-state index is 11.2. The largest absolute Gasteiger partial charge is 0.463 e. The van der Waals surface area contributed by atoms with Crippen LogP contribution in [0.4, 0.5) is 0 Å². The van der Waals surface area contributed by atoms with Gasteiger partial charge in [-0.3, -0.25) is 0 Å². The first-order chi connectivity index (χ1) is 7.26.